The van der Waals surface area contributed by atoms with E-state index in [1.54, 1.807) is 0 Å². The third-order valence-electron chi connectivity index (χ3n) is 7.69. The van der Waals surface area contributed by atoms with Crippen molar-refractivity contribution in [2.45, 2.75) is 79.1 Å². The van der Waals surface area contributed by atoms with E-state index in [1.165, 1.54) is 71.1 Å². The van der Waals surface area contributed by atoms with Crippen LogP contribution in [0.4, 0.5) is 10.0 Å². The molecule has 234 valence electrons. The first-order chi connectivity index (χ1) is 21.6. The summed E-state index contributed by atoms with van der Waals surface area (Å²) in [6.45, 7) is 13.6. The smallest absolute Gasteiger partial charge is 0.0914 e. The van der Waals surface area contributed by atoms with Crippen molar-refractivity contribution in [3.05, 3.63) is 81.8 Å². The van der Waals surface area contributed by atoms with Crippen LogP contribution in [-0.4, -0.2) is 36.1 Å². The van der Waals surface area contributed by atoms with Gasteiger partial charge in [-0.05, 0) is 97.5 Å². The highest BCUT2D eigenvalue weighted by Gasteiger charge is 2.10. The number of hydrogen-bond donors (Lipinski definition) is 0. The molecule has 0 saturated heterocycles. The molecular weight excluding hydrogens is 577 g/mol. The van der Waals surface area contributed by atoms with Crippen LogP contribution in [0.25, 0.3) is 35.7 Å². The molecule has 0 amide bonds. The van der Waals surface area contributed by atoms with Crippen LogP contribution in [0.1, 0.15) is 99.9 Å². The van der Waals surface area contributed by atoms with Crippen molar-refractivity contribution in [1.29, 1.82) is 0 Å². The number of unbranched alkanes of at least 4 members (excludes halogenated alkanes) is 4. The van der Waals surface area contributed by atoms with Gasteiger partial charge in [0.1, 0.15) is 0 Å². The Labute approximate surface area is 274 Å². The van der Waals surface area contributed by atoms with Crippen molar-refractivity contribution < 1.29 is 0 Å². The number of aromatic nitrogens is 2. The third-order valence-corrected chi connectivity index (χ3v) is 9.91. The van der Waals surface area contributed by atoms with E-state index in [-0.39, 0.29) is 0 Å². The van der Waals surface area contributed by atoms with Gasteiger partial charge in [0.05, 0.1) is 21.4 Å². The monoisotopic (exact) mass is 626 g/mol. The normalized spacial score (nSPS) is 11.6. The molecule has 0 fully saturated rings. The molecular formula is C38H50N4S2. The van der Waals surface area contributed by atoms with Gasteiger partial charge >= 0.3 is 0 Å². The molecule has 0 aliphatic carbocycles. The Morgan fingerprint density at radius 2 is 0.909 bits per heavy atom. The minimum atomic E-state index is 0.889. The maximum absolute atomic E-state index is 4.65. The number of nitrogens with zero attached hydrogens (tertiary/aromatic N) is 4. The van der Waals surface area contributed by atoms with E-state index < -0.39 is 0 Å². The summed E-state index contributed by atoms with van der Waals surface area (Å²) in [7, 11) is 0. The van der Waals surface area contributed by atoms with Crippen LogP contribution >= 0.6 is 22.7 Å². The third kappa shape index (κ3) is 10.4. The van der Waals surface area contributed by atoms with E-state index in [4.69, 9.17) is 0 Å². The Morgan fingerprint density at radius 3 is 1.27 bits per heavy atom. The number of hydrogen-bond acceptors (Lipinski definition) is 6. The predicted molar refractivity (Wildman–Crippen MR) is 198 cm³/mol. The van der Waals surface area contributed by atoms with Crippen LogP contribution < -0.4 is 9.80 Å². The van der Waals surface area contributed by atoms with Crippen molar-refractivity contribution in [2.24, 2.45) is 0 Å². The Bertz CT molecular complexity index is 1320. The molecule has 6 heteroatoms. The lowest BCUT2D eigenvalue weighted by atomic mass is 10.1. The second-order valence-electron chi connectivity index (χ2n) is 11.4. The molecule has 4 rings (SSSR count). The van der Waals surface area contributed by atoms with Gasteiger partial charge in [0.2, 0.25) is 0 Å². The molecule has 0 aromatic carbocycles. The van der Waals surface area contributed by atoms with Gasteiger partial charge in [0, 0.05) is 48.3 Å². The Kier molecular flexibility index (Phi) is 14.2. The van der Waals surface area contributed by atoms with Crippen molar-refractivity contribution >= 4 is 57.0 Å². The molecule has 0 spiro atoms. The van der Waals surface area contributed by atoms with E-state index in [1.807, 2.05) is 35.1 Å². The van der Waals surface area contributed by atoms with Crippen LogP contribution in [0.15, 0.2) is 60.9 Å². The van der Waals surface area contributed by atoms with Crippen LogP contribution in [0.2, 0.25) is 0 Å². The molecule has 0 saturated carbocycles. The maximum atomic E-state index is 4.65. The minimum absolute atomic E-state index is 0.889. The van der Waals surface area contributed by atoms with Crippen molar-refractivity contribution in [2.75, 3.05) is 36.0 Å². The molecule has 0 radical (unpaired) electrons. The van der Waals surface area contributed by atoms with Gasteiger partial charge < -0.3 is 9.80 Å². The van der Waals surface area contributed by atoms with Gasteiger partial charge in [-0.15, -0.1) is 22.7 Å². The molecule has 4 aromatic heterocycles. The molecule has 0 aliphatic rings. The predicted octanol–water partition coefficient (Wildman–Crippen LogP) is 11.4. The number of pyridine rings is 2. The second-order valence-corrected chi connectivity index (χ2v) is 13.5. The van der Waals surface area contributed by atoms with Crippen molar-refractivity contribution in [1.82, 2.24) is 9.97 Å². The average molecular weight is 627 g/mol. The SMILES string of the molecule is CCCCN(CCCC)c1ccc(/C=C/c2ccnc(-c3cc(/C=C/c4ccc(N(CCCC)CCCC)s4)ccn3)c2)s1. The number of anilines is 2. The minimum Gasteiger partial charge on any atom is -0.363 e. The summed E-state index contributed by atoms with van der Waals surface area (Å²) in [5, 5.41) is 2.75. The van der Waals surface area contributed by atoms with E-state index in [0.717, 1.165) is 48.7 Å². The maximum Gasteiger partial charge on any atom is 0.0914 e. The standard InChI is InChI=1S/C38H50N4S2/c1-5-9-25-41(26-10-6-2)37-19-17-33(43-37)15-13-31-21-23-39-35(29-31)36-30-32(22-24-40-36)14-16-34-18-20-38(44-34)42(27-11-7-3)28-12-8-4/h13-24,29-30H,5-12,25-28H2,1-4H3/b15-13+,16-14+. The van der Waals surface area contributed by atoms with Gasteiger partial charge in [-0.3, -0.25) is 9.97 Å². The highest BCUT2D eigenvalue weighted by molar-refractivity contribution is 7.17. The summed E-state index contributed by atoms with van der Waals surface area (Å²) in [5.74, 6) is 0. The summed E-state index contributed by atoms with van der Waals surface area (Å²) in [6, 6.07) is 17.4. The second kappa shape index (κ2) is 18.6. The average Bonchev–Trinajstić information content (AvgIpc) is 3.74. The van der Waals surface area contributed by atoms with Gasteiger partial charge in [0.15, 0.2) is 0 Å². The molecule has 0 unspecified atom stereocenters. The zero-order chi connectivity index (χ0) is 31.0. The molecule has 0 N–H and O–H groups in total. The van der Waals surface area contributed by atoms with Crippen LogP contribution in [0.3, 0.4) is 0 Å². The van der Waals surface area contributed by atoms with Gasteiger partial charge in [-0.2, -0.15) is 0 Å². The highest BCUT2D eigenvalue weighted by atomic mass is 32.1. The van der Waals surface area contributed by atoms with Crippen LogP contribution in [0, 0.1) is 0 Å². The summed E-state index contributed by atoms with van der Waals surface area (Å²) in [6.07, 6.45) is 22.4. The van der Waals surface area contributed by atoms with Crippen LogP contribution in [0.5, 0.6) is 0 Å². The zero-order valence-corrected chi connectivity index (χ0v) is 28.8. The summed E-state index contributed by atoms with van der Waals surface area (Å²) >= 11 is 3.76. The molecule has 0 bridgehead atoms. The fourth-order valence-electron chi connectivity index (χ4n) is 5.00. The quantitative estimate of drug-likeness (QED) is 0.104. The first-order valence-electron chi connectivity index (χ1n) is 16.6. The lowest BCUT2D eigenvalue weighted by Crippen LogP contribution is -2.24. The molecule has 0 aliphatic heterocycles. The molecule has 4 aromatic rings. The lowest BCUT2D eigenvalue weighted by molar-refractivity contribution is 0.682. The van der Waals surface area contributed by atoms with E-state index in [9.17, 15) is 0 Å². The van der Waals surface area contributed by atoms with Gasteiger partial charge in [-0.25, -0.2) is 0 Å². The Morgan fingerprint density at radius 1 is 0.523 bits per heavy atom. The Hall–Kier alpha value is -3.22. The van der Waals surface area contributed by atoms with Crippen molar-refractivity contribution in [3.63, 3.8) is 0 Å². The number of thiophene rings is 2. The molecule has 0 atom stereocenters. The fourth-order valence-corrected chi connectivity index (χ4v) is 6.92. The summed E-state index contributed by atoms with van der Waals surface area (Å²) < 4.78 is 0. The Balaban J connectivity index is 1.42. The molecule has 4 heterocycles. The van der Waals surface area contributed by atoms with E-state index >= 15 is 0 Å². The molecule has 4 nitrogen and oxygen atoms in total. The van der Waals surface area contributed by atoms with Crippen molar-refractivity contribution in [3.8, 4) is 11.4 Å². The van der Waals surface area contributed by atoms with Gasteiger partial charge in [-0.1, -0.05) is 65.5 Å². The first kappa shape index (κ1) is 33.7. The summed E-state index contributed by atoms with van der Waals surface area (Å²) in [4.78, 5) is 17.0. The summed E-state index contributed by atoms with van der Waals surface area (Å²) in [5.41, 5.74) is 4.03. The molecule has 44 heavy (non-hydrogen) atoms. The topological polar surface area (TPSA) is 32.3 Å². The number of rotatable bonds is 19. The van der Waals surface area contributed by atoms with Crippen LogP contribution in [-0.2, 0) is 0 Å². The zero-order valence-electron chi connectivity index (χ0n) is 27.2. The van der Waals surface area contributed by atoms with E-state index in [0.29, 0.717) is 0 Å². The van der Waals surface area contributed by atoms with E-state index in [2.05, 4.69) is 120 Å². The highest BCUT2D eigenvalue weighted by Crippen LogP contribution is 2.30. The van der Waals surface area contributed by atoms with Gasteiger partial charge in [0.25, 0.3) is 0 Å². The lowest BCUT2D eigenvalue weighted by Gasteiger charge is -2.22. The largest absolute Gasteiger partial charge is 0.363 e. The fraction of sp³-hybridized carbons (Fsp3) is 0.421. The first-order valence-corrected chi connectivity index (χ1v) is 18.2.